The zero-order valence-corrected chi connectivity index (χ0v) is 13.8. The Labute approximate surface area is 142 Å². The van der Waals surface area contributed by atoms with E-state index in [1.54, 1.807) is 0 Å². The van der Waals surface area contributed by atoms with Gasteiger partial charge in [0.2, 0.25) is 0 Å². The van der Waals surface area contributed by atoms with Crippen LogP contribution in [0.25, 0.3) is 0 Å². The summed E-state index contributed by atoms with van der Waals surface area (Å²) in [5, 5.41) is 2.52. The van der Waals surface area contributed by atoms with Gasteiger partial charge in [-0.3, -0.25) is 9.69 Å². The first-order chi connectivity index (χ1) is 11.7. The van der Waals surface area contributed by atoms with Crippen LogP contribution in [0.3, 0.4) is 0 Å². The molecule has 1 heterocycles. The minimum atomic E-state index is -4.45. The zero-order chi connectivity index (χ0) is 18.6. The molecular formula is C16H19F3N2O4. The highest BCUT2D eigenvalue weighted by molar-refractivity contribution is 5.98. The van der Waals surface area contributed by atoms with Crippen LogP contribution in [0, 0.1) is 5.92 Å². The van der Waals surface area contributed by atoms with Crippen molar-refractivity contribution in [3.63, 3.8) is 0 Å². The average molecular weight is 360 g/mol. The van der Waals surface area contributed by atoms with Gasteiger partial charge < -0.3 is 14.8 Å². The van der Waals surface area contributed by atoms with Gasteiger partial charge in [-0.25, -0.2) is 4.79 Å². The summed E-state index contributed by atoms with van der Waals surface area (Å²) < 4.78 is 47.7. The molecule has 25 heavy (non-hydrogen) atoms. The van der Waals surface area contributed by atoms with Gasteiger partial charge in [-0.05, 0) is 30.2 Å². The molecule has 0 spiro atoms. The first-order valence-electron chi connectivity index (χ1n) is 7.77. The van der Waals surface area contributed by atoms with Crippen molar-refractivity contribution in [3.05, 3.63) is 29.8 Å². The molecule has 1 aliphatic heterocycles. The average Bonchev–Trinajstić information content (AvgIpc) is 2.92. The Morgan fingerprint density at radius 3 is 2.60 bits per heavy atom. The van der Waals surface area contributed by atoms with E-state index >= 15 is 0 Å². The summed E-state index contributed by atoms with van der Waals surface area (Å²) in [6.07, 6.45) is -5.78. The Kier molecular flexibility index (Phi) is 5.89. The van der Waals surface area contributed by atoms with Gasteiger partial charge in [-0.15, -0.1) is 0 Å². The highest BCUT2D eigenvalue weighted by Gasteiger charge is 2.37. The molecule has 0 aliphatic carbocycles. The summed E-state index contributed by atoms with van der Waals surface area (Å²) in [5.74, 6) is -0.394. The molecule has 138 valence electrons. The number of nitrogens with one attached hydrogen (secondary N) is 1. The summed E-state index contributed by atoms with van der Waals surface area (Å²) in [6, 6.07) is 4.07. The smallest absolute Gasteiger partial charge is 0.410 e. The number of amides is 2. The number of nitrogens with zero attached hydrogens (tertiary/aromatic N) is 1. The molecule has 0 bridgehead atoms. The maximum atomic E-state index is 12.6. The fourth-order valence-corrected chi connectivity index (χ4v) is 2.06. The Morgan fingerprint density at radius 2 is 2.04 bits per heavy atom. The van der Waals surface area contributed by atoms with Gasteiger partial charge >= 0.3 is 12.3 Å². The summed E-state index contributed by atoms with van der Waals surface area (Å²) in [4.78, 5) is 24.9. The van der Waals surface area contributed by atoms with Crippen LogP contribution in [-0.2, 0) is 20.4 Å². The maximum Gasteiger partial charge on any atom is 0.416 e. The van der Waals surface area contributed by atoms with Gasteiger partial charge in [-0.2, -0.15) is 13.2 Å². The monoisotopic (exact) mass is 360 g/mol. The molecule has 0 saturated carbocycles. The first kappa shape index (κ1) is 19.0. The van der Waals surface area contributed by atoms with E-state index in [0.29, 0.717) is 6.54 Å². The first-order valence-corrected chi connectivity index (χ1v) is 7.77. The number of benzene rings is 1. The lowest BCUT2D eigenvalue weighted by Crippen LogP contribution is -2.36. The number of carbonyl (C=O) groups excluding carboxylic acids is 2. The minimum absolute atomic E-state index is 0.215. The van der Waals surface area contributed by atoms with Gasteiger partial charge in [0, 0.05) is 12.2 Å². The molecule has 2 unspecified atom stereocenters. The summed E-state index contributed by atoms with van der Waals surface area (Å²) in [7, 11) is 0. The van der Waals surface area contributed by atoms with Gasteiger partial charge in [-0.1, -0.05) is 20.3 Å². The lowest BCUT2D eigenvalue weighted by Gasteiger charge is -2.16. The van der Waals surface area contributed by atoms with E-state index in [2.05, 4.69) is 5.32 Å². The molecule has 1 aromatic rings. The predicted octanol–water partition coefficient (Wildman–Crippen LogP) is 3.12. The SMILES string of the molecule is CCC(C)CNC(=O)OC1OCN(c2ccc(C(F)(F)F)cc2)C1=O. The third kappa shape index (κ3) is 4.85. The number of anilines is 1. The van der Waals surface area contributed by atoms with Crippen molar-refractivity contribution in [2.75, 3.05) is 18.2 Å². The van der Waals surface area contributed by atoms with E-state index in [0.717, 1.165) is 35.6 Å². The molecule has 0 radical (unpaired) electrons. The van der Waals surface area contributed by atoms with Crippen LogP contribution in [0.15, 0.2) is 24.3 Å². The number of hydrogen-bond donors (Lipinski definition) is 1. The largest absolute Gasteiger partial charge is 0.416 e. The van der Waals surface area contributed by atoms with Crippen molar-refractivity contribution in [1.29, 1.82) is 0 Å². The van der Waals surface area contributed by atoms with Crippen LogP contribution in [0.1, 0.15) is 25.8 Å². The number of carbonyl (C=O) groups is 2. The normalized spacial score (nSPS) is 19.0. The van der Waals surface area contributed by atoms with Crippen LogP contribution < -0.4 is 10.2 Å². The number of rotatable bonds is 5. The van der Waals surface area contributed by atoms with Gasteiger partial charge in [0.25, 0.3) is 12.2 Å². The van der Waals surface area contributed by atoms with Crippen LogP contribution in [0.2, 0.25) is 0 Å². The van der Waals surface area contributed by atoms with E-state index in [4.69, 9.17) is 9.47 Å². The lowest BCUT2D eigenvalue weighted by atomic mass is 10.1. The molecule has 2 amide bonds. The van der Waals surface area contributed by atoms with Gasteiger partial charge in [0.15, 0.2) is 0 Å². The number of halogens is 3. The number of ether oxygens (including phenoxy) is 2. The minimum Gasteiger partial charge on any atom is -0.410 e. The third-order valence-electron chi connectivity index (χ3n) is 3.83. The summed E-state index contributed by atoms with van der Waals surface area (Å²) in [5.41, 5.74) is -0.592. The molecule has 6 nitrogen and oxygen atoms in total. The molecule has 2 rings (SSSR count). The molecule has 1 fully saturated rings. The highest BCUT2D eigenvalue weighted by Crippen LogP contribution is 2.31. The fraction of sp³-hybridized carbons (Fsp3) is 0.500. The Balaban J connectivity index is 1.94. The number of hydrogen-bond acceptors (Lipinski definition) is 4. The van der Waals surface area contributed by atoms with E-state index in [1.807, 2.05) is 13.8 Å². The topological polar surface area (TPSA) is 67.9 Å². The van der Waals surface area contributed by atoms with Gasteiger partial charge in [0.05, 0.1) is 5.56 Å². The molecule has 1 saturated heterocycles. The van der Waals surface area contributed by atoms with Gasteiger partial charge in [0.1, 0.15) is 6.73 Å². The summed E-state index contributed by atoms with van der Waals surface area (Å²) in [6.45, 7) is 4.11. The Morgan fingerprint density at radius 1 is 1.40 bits per heavy atom. The Hall–Kier alpha value is -2.29. The zero-order valence-electron chi connectivity index (χ0n) is 13.8. The van der Waals surface area contributed by atoms with E-state index in [-0.39, 0.29) is 18.3 Å². The number of alkyl carbamates (subject to hydrolysis) is 1. The van der Waals surface area contributed by atoms with Crippen molar-refractivity contribution < 1.29 is 32.2 Å². The van der Waals surface area contributed by atoms with Crippen molar-refractivity contribution in [1.82, 2.24) is 5.32 Å². The second kappa shape index (κ2) is 7.73. The lowest BCUT2D eigenvalue weighted by molar-refractivity contribution is -0.139. The van der Waals surface area contributed by atoms with Crippen LogP contribution >= 0.6 is 0 Å². The fourth-order valence-electron chi connectivity index (χ4n) is 2.06. The molecule has 1 N–H and O–H groups in total. The van der Waals surface area contributed by atoms with Crippen molar-refractivity contribution in [2.45, 2.75) is 32.7 Å². The maximum absolute atomic E-state index is 12.6. The summed E-state index contributed by atoms with van der Waals surface area (Å²) >= 11 is 0. The molecule has 9 heteroatoms. The van der Waals surface area contributed by atoms with E-state index < -0.39 is 30.0 Å². The molecule has 1 aromatic carbocycles. The highest BCUT2D eigenvalue weighted by atomic mass is 19.4. The predicted molar refractivity (Wildman–Crippen MR) is 82.6 cm³/mol. The second-order valence-corrected chi connectivity index (χ2v) is 5.74. The molecular weight excluding hydrogens is 341 g/mol. The quantitative estimate of drug-likeness (QED) is 0.876. The Bertz CT molecular complexity index is 619. The standard InChI is InChI=1S/C16H19F3N2O4/c1-3-10(2)8-20-15(23)25-14-13(22)21(9-24-14)12-6-4-11(5-7-12)16(17,18)19/h4-7,10,14H,3,8-9H2,1-2H3,(H,20,23). The van der Waals surface area contributed by atoms with E-state index in [9.17, 15) is 22.8 Å². The van der Waals surface area contributed by atoms with Crippen molar-refractivity contribution >= 4 is 17.7 Å². The van der Waals surface area contributed by atoms with Crippen molar-refractivity contribution in [2.24, 2.45) is 5.92 Å². The molecule has 2 atom stereocenters. The van der Waals surface area contributed by atoms with Crippen LogP contribution in [-0.4, -0.2) is 31.6 Å². The van der Waals surface area contributed by atoms with E-state index in [1.165, 1.54) is 0 Å². The third-order valence-corrected chi connectivity index (χ3v) is 3.83. The van der Waals surface area contributed by atoms with Crippen LogP contribution in [0.5, 0.6) is 0 Å². The molecule has 1 aliphatic rings. The van der Waals surface area contributed by atoms with Crippen molar-refractivity contribution in [3.8, 4) is 0 Å². The van der Waals surface area contributed by atoms with Crippen LogP contribution in [0.4, 0.5) is 23.7 Å². The second-order valence-electron chi connectivity index (χ2n) is 5.74. The number of alkyl halides is 3. The molecule has 0 aromatic heterocycles.